The Kier molecular flexibility index (Phi) is 4.48. The molecule has 0 bridgehead atoms. The molecule has 2 aromatic rings. The van der Waals surface area contributed by atoms with Gasteiger partial charge in [0.1, 0.15) is 0 Å². The summed E-state index contributed by atoms with van der Waals surface area (Å²) >= 11 is 6.28. The van der Waals surface area contributed by atoms with Crippen LogP contribution in [0, 0.1) is 19.3 Å². The maximum Gasteiger partial charge on any atom is 0.309 e. The molecule has 1 heterocycles. The molecule has 118 valence electrons. The van der Waals surface area contributed by atoms with Gasteiger partial charge in [-0.05, 0) is 69.4 Å². The van der Waals surface area contributed by atoms with Crippen LogP contribution in [0.3, 0.4) is 0 Å². The fourth-order valence-corrected chi connectivity index (χ4v) is 2.86. The van der Waals surface area contributed by atoms with E-state index in [1.165, 1.54) is 0 Å². The zero-order chi connectivity index (χ0) is 16.7. The zero-order valence-electron chi connectivity index (χ0n) is 13.7. The second-order valence-corrected chi connectivity index (χ2v) is 6.91. The number of carboxylic acids is 1. The van der Waals surface area contributed by atoms with Crippen molar-refractivity contribution >= 4 is 28.5 Å². The number of benzene rings is 1. The molecule has 22 heavy (non-hydrogen) atoms. The average Bonchev–Trinajstić information content (AvgIpc) is 2.43. The Hall–Kier alpha value is -1.61. The molecule has 1 N–H and O–H groups in total. The van der Waals surface area contributed by atoms with E-state index in [9.17, 15) is 9.90 Å². The van der Waals surface area contributed by atoms with Gasteiger partial charge in [0, 0.05) is 16.1 Å². The highest BCUT2D eigenvalue weighted by molar-refractivity contribution is 6.32. The number of rotatable bonds is 4. The summed E-state index contributed by atoms with van der Waals surface area (Å²) in [6.45, 7) is 9.54. The van der Waals surface area contributed by atoms with Crippen LogP contribution in [-0.2, 0) is 17.6 Å². The Morgan fingerprint density at radius 3 is 2.50 bits per heavy atom. The van der Waals surface area contributed by atoms with Crippen LogP contribution < -0.4 is 0 Å². The Labute approximate surface area is 136 Å². The van der Waals surface area contributed by atoms with Crippen molar-refractivity contribution in [2.75, 3.05) is 0 Å². The van der Waals surface area contributed by atoms with Gasteiger partial charge in [0.2, 0.25) is 0 Å². The SMILES string of the molecule is CCc1nc2cc(C)c(Cl)cc2c(CC(C)(C)C(=O)O)c1C. The summed E-state index contributed by atoms with van der Waals surface area (Å²) in [5, 5.41) is 11.1. The molecule has 2 rings (SSSR count). The molecule has 0 saturated heterocycles. The first-order valence-electron chi connectivity index (χ1n) is 7.49. The maximum absolute atomic E-state index is 11.5. The lowest BCUT2D eigenvalue weighted by Crippen LogP contribution is -2.27. The van der Waals surface area contributed by atoms with Gasteiger partial charge in [0.25, 0.3) is 0 Å². The van der Waals surface area contributed by atoms with Crippen molar-refractivity contribution in [1.82, 2.24) is 4.98 Å². The third-order valence-electron chi connectivity index (χ3n) is 4.28. The molecule has 1 aromatic heterocycles. The summed E-state index contributed by atoms with van der Waals surface area (Å²) in [5.74, 6) is -0.798. The van der Waals surface area contributed by atoms with Crippen LogP contribution >= 0.6 is 11.6 Å². The summed E-state index contributed by atoms with van der Waals surface area (Å²) in [6.07, 6.45) is 1.28. The normalized spacial score (nSPS) is 11.9. The Morgan fingerprint density at radius 2 is 1.95 bits per heavy atom. The van der Waals surface area contributed by atoms with Crippen molar-refractivity contribution < 1.29 is 9.90 Å². The van der Waals surface area contributed by atoms with Gasteiger partial charge in [-0.3, -0.25) is 9.78 Å². The molecule has 0 radical (unpaired) electrons. The predicted molar refractivity (Wildman–Crippen MR) is 90.7 cm³/mol. The number of fused-ring (bicyclic) bond motifs is 1. The smallest absolute Gasteiger partial charge is 0.309 e. The number of nitrogens with zero attached hydrogens (tertiary/aromatic N) is 1. The maximum atomic E-state index is 11.5. The highest BCUT2D eigenvalue weighted by atomic mass is 35.5. The van der Waals surface area contributed by atoms with Crippen molar-refractivity contribution in [3.05, 3.63) is 39.5 Å². The number of pyridine rings is 1. The van der Waals surface area contributed by atoms with E-state index >= 15 is 0 Å². The summed E-state index contributed by atoms with van der Waals surface area (Å²) in [6, 6.07) is 3.90. The van der Waals surface area contributed by atoms with Gasteiger partial charge in [-0.25, -0.2) is 0 Å². The lowest BCUT2D eigenvalue weighted by Gasteiger charge is -2.23. The molecule has 0 atom stereocenters. The van der Waals surface area contributed by atoms with Crippen LogP contribution in [0.4, 0.5) is 0 Å². The quantitative estimate of drug-likeness (QED) is 0.887. The Morgan fingerprint density at radius 1 is 1.32 bits per heavy atom. The Bertz CT molecular complexity index is 751. The van der Waals surface area contributed by atoms with Gasteiger partial charge in [-0.2, -0.15) is 0 Å². The predicted octanol–water partition coefficient (Wildman–Crippen LogP) is 4.72. The standard InChI is InChI=1S/C18H22ClNO2/c1-6-15-11(3)13(9-18(4,5)17(21)22)12-8-14(19)10(2)7-16(12)20-15/h7-8H,6,9H2,1-5H3,(H,21,22). The molecule has 0 amide bonds. The third-order valence-corrected chi connectivity index (χ3v) is 4.68. The molecule has 0 fully saturated rings. The van der Waals surface area contributed by atoms with Crippen LogP contribution in [0.5, 0.6) is 0 Å². The van der Waals surface area contributed by atoms with E-state index in [-0.39, 0.29) is 0 Å². The second-order valence-electron chi connectivity index (χ2n) is 6.50. The van der Waals surface area contributed by atoms with E-state index in [4.69, 9.17) is 16.6 Å². The second kappa shape index (κ2) is 5.88. The number of carboxylic acid groups (broad SMARTS) is 1. The number of halogens is 1. The van der Waals surface area contributed by atoms with Crippen LogP contribution in [0.15, 0.2) is 12.1 Å². The van der Waals surface area contributed by atoms with Crippen molar-refractivity contribution in [1.29, 1.82) is 0 Å². The molecule has 0 aliphatic heterocycles. The summed E-state index contributed by atoms with van der Waals surface area (Å²) in [7, 11) is 0. The van der Waals surface area contributed by atoms with Crippen molar-refractivity contribution in [2.45, 2.75) is 47.5 Å². The number of aliphatic carboxylic acids is 1. The van der Waals surface area contributed by atoms with Gasteiger partial charge in [0.15, 0.2) is 0 Å². The van der Waals surface area contributed by atoms with E-state index in [2.05, 4.69) is 6.92 Å². The van der Waals surface area contributed by atoms with E-state index in [0.717, 1.165) is 39.7 Å². The number of aromatic nitrogens is 1. The zero-order valence-corrected chi connectivity index (χ0v) is 14.5. The van der Waals surface area contributed by atoms with Crippen LogP contribution in [0.1, 0.15) is 43.2 Å². The molecule has 1 aromatic carbocycles. The number of hydrogen-bond donors (Lipinski definition) is 1. The van der Waals surface area contributed by atoms with Gasteiger partial charge in [0.05, 0.1) is 10.9 Å². The topological polar surface area (TPSA) is 50.2 Å². The summed E-state index contributed by atoms with van der Waals surface area (Å²) < 4.78 is 0. The third kappa shape index (κ3) is 2.95. The van der Waals surface area contributed by atoms with Crippen molar-refractivity contribution in [3.8, 4) is 0 Å². The lowest BCUT2D eigenvalue weighted by atomic mass is 9.82. The first-order valence-corrected chi connectivity index (χ1v) is 7.86. The number of carbonyl (C=O) groups is 1. The van der Waals surface area contributed by atoms with Gasteiger partial charge >= 0.3 is 5.97 Å². The van der Waals surface area contributed by atoms with Crippen molar-refractivity contribution in [3.63, 3.8) is 0 Å². The molecular formula is C18H22ClNO2. The first-order chi connectivity index (χ1) is 10.2. The van der Waals surface area contributed by atoms with E-state index < -0.39 is 11.4 Å². The largest absolute Gasteiger partial charge is 0.481 e. The van der Waals surface area contributed by atoms with Crippen molar-refractivity contribution in [2.24, 2.45) is 5.41 Å². The molecule has 4 heteroatoms. The fourth-order valence-electron chi connectivity index (χ4n) is 2.70. The minimum Gasteiger partial charge on any atom is -0.481 e. The van der Waals surface area contributed by atoms with Crippen LogP contribution in [0.25, 0.3) is 10.9 Å². The van der Waals surface area contributed by atoms with E-state index in [1.807, 2.05) is 26.0 Å². The minimum atomic E-state index is -0.832. The van der Waals surface area contributed by atoms with Gasteiger partial charge in [-0.1, -0.05) is 18.5 Å². The molecule has 0 aliphatic carbocycles. The molecule has 3 nitrogen and oxygen atoms in total. The lowest BCUT2D eigenvalue weighted by molar-refractivity contribution is -0.146. The molecular weight excluding hydrogens is 298 g/mol. The van der Waals surface area contributed by atoms with Crippen LogP contribution in [0.2, 0.25) is 5.02 Å². The van der Waals surface area contributed by atoms with Crippen LogP contribution in [-0.4, -0.2) is 16.1 Å². The minimum absolute atomic E-state index is 0.458. The van der Waals surface area contributed by atoms with E-state index in [0.29, 0.717) is 11.4 Å². The van der Waals surface area contributed by atoms with Gasteiger partial charge in [-0.15, -0.1) is 0 Å². The average molecular weight is 320 g/mol. The van der Waals surface area contributed by atoms with E-state index in [1.54, 1.807) is 13.8 Å². The summed E-state index contributed by atoms with van der Waals surface area (Å²) in [5.41, 5.74) is 4.17. The molecule has 0 aliphatic rings. The monoisotopic (exact) mass is 319 g/mol. The highest BCUT2D eigenvalue weighted by Crippen LogP contribution is 2.33. The molecule has 0 unspecified atom stereocenters. The summed E-state index contributed by atoms with van der Waals surface area (Å²) in [4.78, 5) is 16.2. The molecule has 0 spiro atoms. The number of aryl methyl sites for hydroxylation is 2. The van der Waals surface area contributed by atoms with Gasteiger partial charge < -0.3 is 5.11 Å². The Balaban J connectivity index is 2.76. The highest BCUT2D eigenvalue weighted by Gasteiger charge is 2.29. The fraction of sp³-hybridized carbons (Fsp3) is 0.444. The molecule has 0 saturated carbocycles. The number of hydrogen-bond acceptors (Lipinski definition) is 2. The first kappa shape index (κ1) is 16.8.